The third-order valence-electron chi connectivity index (χ3n) is 0. The van der Waals surface area contributed by atoms with Gasteiger partial charge in [0.25, 0.3) is 0 Å². The number of hydrogen-bond acceptors (Lipinski definition) is 4. The number of hydrogen-bond donors (Lipinski definition) is 0. The van der Waals surface area contributed by atoms with E-state index in [-0.39, 0.29) is 82.6 Å². The van der Waals surface area contributed by atoms with Gasteiger partial charge in [-0.3, -0.25) is 0 Å². The average molecular weight is 318 g/mol. The average Bonchev–Trinajstić information content (AvgIpc) is 0. The molecular formula is H4O4Ru2Ti. The van der Waals surface area contributed by atoms with Gasteiger partial charge in [0.1, 0.15) is 0 Å². The summed E-state index contributed by atoms with van der Waals surface area (Å²) in [6, 6.07) is 0. The van der Waals surface area contributed by atoms with Crippen LogP contribution >= 0.6 is 0 Å². The molecule has 4 N–H and O–H groups in total. The third-order valence-corrected chi connectivity index (χ3v) is 0. The van der Waals surface area contributed by atoms with Crippen LogP contribution in [-0.2, 0) is 60.7 Å². The normalized spacial score (nSPS) is 0. The van der Waals surface area contributed by atoms with E-state index in [1.54, 1.807) is 0 Å². The molecule has 0 heterocycles. The minimum Gasteiger partial charge on any atom is -0.870 e. The van der Waals surface area contributed by atoms with Crippen molar-refractivity contribution in [3.8, 4) is 0 Å². The molecule has 4 nitrogen and oxygen atoms in total. The van der Waals surface area contributed by atoms with Gasteiger partial charge in [0.05, 0.1) is 0 Å². The zero-order valence-electron chi connectivity index (χ0n) is 3.00. The Balaban J connectivity index is 0. The zero-order chi connectivity index (χ0) is 0. The smallest absolute Gasteiger partial charge is 0.870 e. The van der Waals surface area contributed by atoms with Crippen LogP contribution in [0.25, 0.3) is 0 Å². The van der Waals surface area contributed by atoms with Gasteiger partial charge in [-0.25, -0.2) is 0 Å². The predicted molar refractivity (Wildman–Crippen MR) is 7.74 cm³/mol. The molecule has 0 aliphatic rings. The zero-order valence-corrected chi connectivity index (χ0v) is 8.03. The van der Waals surface area contributed by atoms with Crippen LogP contribution in [0.2, 0.25) is 0 Å². The van der Waals surface area contributed by atoms with Crippen LogP contribution in [0.4, 0.5) is 0 Å². The molecule has 7 heavy (non-hydrogen) atoms. The number of rotatable bonds is 0. The van der Waals surface area contributed by atoms with Crippen molar-refractivity contribution in [3.63, 3.8) is 0 Å². The minimum absolute atomic E-state index is 0. The maximum Gasteiger partial charge on any atom is 2.00 e. The fourth-order valence-electron chi connectivity index (χ4n) is 0. The fourth-order valence-corrected chi connectivity index (χ4v) is 0. The molecule has 48 valence electrons. The maximum atomic E-state index is 0. The van der Waals surface area contributed by atoms with Gasteiger partial charge in [-0.2, -0.15) is 0 Å². The molecule has 0 rings (SSSR count). The monoisotopic (exact) mass is 320 g/mol. The van der Waals surface area contributed by atoms with Crippen LogP contribution in [0.15, 0.2) is 0 Å². The second-order valence-corrected chi connectivity index (χ2v) is 0. The topological polar surface area (TPSA) is 120 Å². The minimum atomic E-state index is 0. The molecule has 0 radical (unpaired) electrons. The van der Waals surface area contributed by atoms with Gasteiger partial charge in [0.2, 0.25) is 0 Å². The van der Waals surface area contributed by atoms with Crippen LogP contribution in [0.3, 0.4) is 0 Å². The molecular weight excluding hydrogens is 314 g/mol. The van der Waals surface area contributed by atoms with Crippen molar-refractivity contribution in [2.24, 2.45) is 0 Å². The van der Waals surface area contributed by atoms with Gasteiger partial charge in [0, 0.05) is 21.7 Å². The molecule has 0 saturated carbocycles. The van der Waals surface area contributed by atoms with E-state index in [0.717, 1.165) is 0 Å². The van der Waals surface area contributed by atoms with Crippen molar-refractivity contribution in [1.82, 2.24) is 0 Å². The molecule has 0 spiro atoms. The van der Waals surface area contributed by atoms with Crippen LogP contribution < -0.4 is 0 Å². The van der Waals surface area contributed by atoms with Crippen LogP contribution in [0.5, 0.6) is 0 Å². The summed E-state index contributed by atoms with van der Waals surface area (Å²) >= 11 is 0. The Morgan fingerprint density at radius 1 is 0.429 bits per heavy atom. The van der Waals surface area contributed by atoms with Gasteiger partial charge < -0.3 is 21.9 Å². The first-order valence-corrected chi connectivity index (χ1v) is 0. The van der Waals surface area contributed by atoms with Crippen LogP contribution in [0.1, 0.15) is 0 Å². The summed E-state index contributed by atoms with van der Waals surface area (Å²) in [5, 5.41) is 0. The van der Waals surface area contributed by atoms with Crippen molar-refractivity contribution < 1.29 is 82.6 Å². The first-order valence-electron chi connectivity index (χ1n) is 0. The molecule has 0 unspecified atom stereocenters. The molecule has 0 bridgehead atoms. The summed E-state index contributed by atoms with van der Waals surface area (Å²) in [6.07, 6.45) is 0. The molecule has 0 amide bonds. The Labute approximate surface area is 82.1 Å². The Morgan fingerprint density at radius 3 is 0.429 bits per heavy atom. The summed E-state index contributed by atoms with van der Waals surface area (Å²) in [6.45, 7) is 0. The Kier molecular flexibility index (Phi) is 2620. The summed E-state index contributed by atoms with van der Waals surface area (Å²) in [4.78, 5) is 0. The Bertz CT molecular complexity index is 9.65. The van der Waals surface area contributed by atoms with E-state index in [4.69, 9.17) is 0 Å². The Hall–Kier alpha value is 1.80. The van der Waals surface area contributed by atoms with E-state index in [1.165, 1.54) is 0 Å². The van der Waals surface area contributed by atoms with Gasteiger partial charge in [-0.15, -0.1) is 0 Å². The molecule has 0 saturated heterocycles. The quantitative estimate of drug-likeness (QED) is 0.548. The Morgan fingerprint density at radius 2 is 0.429 bits per heavy atom. The van der Waals surface area contributed by atoms with Crippen LogP contribution in [-0.4, -0.2) is 21.9 Å². The predicted octanol–water partition coefficient (Wildman–Crippen LogP) is -0.715. The van der Waals surface area contributed by atoms with Crippen LogP contribution in [0, 0.1) is 0 Å². The van der Waals surface area contributed by atoms with Crippen molar-refractivity contribution in [2.75, 3.05) is 0 Å². The van der Waals surface area contributed by atoms with E-state index < -0.39 is 0 Å². The van der Waals surface area contributed by atoms with Crippen molar-refractivity contribution in [2.45, 2.75) is 0 Å². The van der Waals surface area contributed by atoms with Gasteiger partial charge >= 0.3 is 39.0 Å². The summed E-state index contributed by atoms with van der Waals surface area (Å²) in [5.74, 6) is 0. The third kappa shape index (κ3) is 80.9. The first-order chi connectivity index (χ1) is 0. The SMILES string of the molecule is [OH-].[OH-].[OH-].[OH-].[Ru+2].[Ru+2].[Ti]. The van der Waals surface area contributed by atoms with Gasteiger partial charge in [0.15, 0.2) is 0 Å². The van der Waals surface area contributed by atoms with Crippen molar-refractivity contribution in [3.05, 3.63) is 0 Å². The molecule has 7 heteroatoms. The largest absolute Gasteiger partial charge is 2.00 e. The molecule has 0 aromatic heterocycles. The van der Waals surface area contributed by atoms with Crippen molar-refractivity contribution >= 4 is 0 Å². The molecule has 0 aliphatic carbocycles. The first kappa shape index (κ1) is 165. The maximum absolute atomic E-state index is 0. The standard InChI is InChI=1S/4H2O.2Ru.Ti/h4*1H2;;;/q;;;;2*+2;/p-4. The van der Waals surface area contributed by atoms with E-state index in [2.05, 4.69) is 0 Å². The van der Waals surface area contributed by atoms with Gasteiger partial charge in [-0.1, -0.05) is 0 Å². The molecule has 0 aromatic carbocycles. The molecule has 0 fully saturated rings. The van der Waals surface area contributed by atoms with Crippen molar-refractivity contribution in [1.29, 1.82) is 0 Å². The summed E-state index contributed by atoms with van der Waals surface area (Å²) < 4.78 is 0. The second kappa shape index (κ2) is 111. The van der Waals surface area contributed by atoms with E-state index in [0.29, 0.717) is 0 Å². The summed E-state index contributed by atoms with van der Waals surface area (Å²) in [5.41, 5.74) is 0. The second-order valence-electron chi connectivity index (χ2n) is 0. The molecule has 0 aliphatic heterocycles. The molecule has 0 atom stereocenters. The molecule has 0 aromatic rings. The summed E-state index contributed by atoms with van der Waals surface area (Å²) in [7, 11) is 0. The van der Waals surface area contributed by atoms with Gasteiger partial charge in [-0.05, 0) is 0 Å². The van der Waals surface area contributed by atoms with E-state index in [1.807, 2.05) is 0 Å². The van der Waals surface area contributed by atoms with E-state index in [9.17, 15) is 0 Å². The fraction of sp³-hybridized carbons (Fsp3) is 0. The van der Waals surface area contributed by atoms with E-state index >= 15 is 0 Å².